The number of rotatable bonds is 4. The monoisotopic (exact) mass is 350 g/mol. The van der Waals surface area contributed by atoms with Crippen LogP contribution >= 0.6 is 0 Å². The van der Waals surface area contributed by atoms with Crippen LogP contribution in [0.3, 0.4) is 0 Å². The highest BCUT2D eigenvalue weighted by atomic mass is 32.2. The van der Waals surface area contributed by atoms with Gasteiger partial charge in [0.15, 0.2) is 0 Å². The Morgan fingerprint density at radius 2 is 1.92 bits per heavy atom. The fraction of sp³-hybridized carbons (Fsp3) is 0.471. The van der Waals surface area contributed by atoms with Gasteiger partial charge in [-0.05, 0) is 50.8 Å². The average Bonchev–Trinajstić information content (AvgIpc) is 2.85. The largest absolute Gasteiger partial charge is 0.496 e. The molecule has 1 aromatic carbocycles. The highest BCUT2D eigenvalue weighted by Crippen LogP contribution is 2.42. The molecule has 3 rings (SSSR count). The first kappa shape index (κ1) is 17.0. The first-order chi connectivity index (χ1) is 11.4. The summed E-state index contributed by atoms with van der Waals surface area (Å²) in [5.74, 6) is -0.430. The van der Waals surface area contributed by atoms with Gasteiger partial charge in [-0.1, -0.05) is 11.6 Å². The summed E-state index contributed by atoms with van der Waals surface area (Å²) in [6.45, 7) is 2.00. The van der Waals surface area contributed by atoms with Crippen LogP contribution in [0.1, 0.15) is 43.0 Å². The van der Waals surface area contributed by atoms with Gasteiger partial charge in [-0.15, -0.1) is 0 Å². The molecule has 0 aliphatic carbocycles. The zero-order valence-electron chi connectivity index (χ0n) is 13.9. The van der Waals surface area contributed by atoms with E-state index in [1.807, 2.05) is 6.92 Å². The number of piperidine rings is 1. The van der Waals surface area contributed by atoms with Gasteiger partial charge in [0.05, 0.1) is 17.6 Å². The second-order valence-corrected chi connectivity index (χ2v) is 8.14. The lowest BCUT2D eigenvalue weighted by Crippen LogP contribution is -2.44. The number of primary amides is 1. The van der Waals surface area contributed by atoms with Crippen molar-refractivity contribution in [1.82, 2.24) is 4.31 Å². The van der Waals surface area contributed by atoms with Crippen molar-refractivity contribution in [3.05, 3.63) is 35.4 Å². The smallest absolute Gasteiger partial charge is 0.252 e. The molecule has 24 heavy (non-hydrogen) atoms. The van der Waals surface area contributed by atoms with E-state index in [0.29, 0.717) is 0 Å². The minimum absolute atomic E-state index is 0.000852. The zero-order chi connectivity index (χ0) is 17.5. The highest BCUT2D eigenvalue weighted by Gasteiger charge is 2.45. The van der Waals surface area contributed by atoms with E-state index < -0.39 is 15.9 Å². The lowest BCUT2D eigenvalue weighted by Gasteiger charge is -2.35. The van der Waals surface area contributed by atoms with E-state index in [-0.39, 0.29) is 28.3 Å². The topological polar surface area (TPSA) is 89.7 Å². The van der Waals surface area contributed by atoms with E-state index in [9.17, 15) is 13.2 Å². The molecule has 2 bridgehead atoms. The molecule has 0 saturated carbocycles. The van der Waals surface area contributed by atoms with E-state index in [4.69, 9.17) is 10.5 Å². The van der Waals surface area contributed by atoms with Crippen LogP contribution in [-0.2, 0) is 10.0 Å². The summed E-state index contributed by atoms with van der Waals surface area (Å²) < 4.78 is 33.0. The quantitative estimate of drug-likeness (QED) is 0.842. The summed E-state index contributed by atoms with van der Waals surface area (Å²) in [7, 11) is -2.25. The van der Waals surface area contributed by atoms with Crippen molar-refractivity contribution in [3.63, 3.8) is 0 Å². The van der Waals surface area contributed by atoms with Crippen LogP contribution < -0.4 is 10.5 Å². The number of ether oxygens (including phenoxy) is 1. The molecular formula is C17H22N2O4S. The molecule has 2 N–H and O–H groups in total. The van der Waals surface area contributed by atoms with Crippen molar-refractivity contribution >= 4 is 15.9 Å². The Kier molecular flexibility index (Phi) is 4.40. The Balaban J connectivity index is 2.00. The lowest BCUT2D eigenvalue weighted by atomic mass is 9.99. The molecule has 7 heteroatoms. The fourth-order valence-electron chi connectivity index (χ4n) is 3.80. The van der Waals surface area contributed by atoms with Crippen LogP contribution in [0.2, 0.25) is 0 Å². The molecular weight excluding hydrogens is 328 g/mol. The molecule has 2 heterocycles. The van der Waals surface area contributed by atoms with E-state index >= 15 is 0 Å². The fourth-order valence-corrected chi connectivity index (χ4v) is 5.70. The summed E-state index contributed by atoms with van der Waals surface area (Å²) in [5.41, 5.74) is 6.75. The Morgan fingerprint density at radius 3 is 2.42 bits per heavy atom. The van der Waals surface area contributed by atoms with Crippen molar-refractivity contribution in [2.24, 2.45) is 5.73 Å². The standard InChI is InChI=1S/C17H22N2O4S/c1-3-11-8-12-4-5-13(9-11)19(12)24(21,22)14-6-7-16(23-2)15(10-14)17(18)20/h3,6-7,10,12-13H,4-5,8-9H2,1-2H3,(H2,18,20). The third-order valence-corrected chi connectivity index (χ3v) is 6.97. The summed E-state index contributed by atoms with van der Waals surface area (Å²) in [5, 5.41) is 0. The number of hydrogen-bond acceptors (Lipinski definition) is 4. The average molecular weight is 350 g/mol. The predicted octanol–water partition coefficient (Wildman–Crippen LogP) is 2.06. The third kappa shape index (κ3) is 2.71. The van der Waals surface area contributed by atoms with Crippen molar-refractivity contribution in [2.75, 3.05) is 7.11 Å². The van der Waals surface area contributed by atoms with Crippen LogP contribution in [-0.4, -0.2) is 37.8 Å². The molecule has 2 saturated heterocycles. The number of hydrogen-bond donors (Lipinski definition) is 1. The Bertz CT molecular complexity index is 785. The summed E-state index contributed by atoms with van der Waals surface area (Å²) in [4.78, 5) is 11.7. The van der Waals surface area contributed by atoms with Crippen molar-refractivity contribution < 1.29 is 17.9 Å². The van der Waals surface area contributed by atoms with E-state index in [1.165, 1.54) is 30.9 Å². The molecule has 130 valence electrons. The Labute approximate surface area is 142 Å². The number of allylic oxidation sites excluding steroid dienone is 1. The number of amides is 1. The van der Waals surface area contributed by atoms with Crippen LogP contribution in [0.15, 0.2) is 34.7 Å². The van der Waals surface area contributed by atoms with Gasteiger partial charge >= 0.3 is 0 Å². The van der Waals surface area contributed by atoms with Gasteiger partial charge in [0.1, 0.15) is 5.75 Å². The van der Waals surface area contributed by atoms with Crippen LogP contribution in [0.5, 0.6) is 5.75 Å². The number of methoxy groups -OCH3 is 1. The van der Waals surface area contributed by atoms with Gasteiger partial charge in [-0.3, -0.25) is 4.79 Å². The Hall–Kier alpha value is -1.86. The molecule has 1 amide bonds. The maximum absolute atomic E-state index is 13.1. The van der Waals surface area contributed by atoms with Crippen LogP contribution in [0.4, 0.5) is 0 Å². The van der Waals surface area contributed by atoms with Gasteiger partial charge in [-0.25, -0.2) is 8.42 Å². The number of sulfonamides is 1. The van der Waals surface area contributed by atoms with Crippen LogP contribution in [0.25, 0.3) is 0 Å². The third-order valence-electron chi connectivity index (χ3n) is 4.97. The van der Waals surface area contributed by atoms with E-state index in [2.05, 4.69) is 6.08 Å². The van der Waals surface area contributed by atoms with Gasteiger partial charge in [-0.2, -0.15) is 4.31 Å². The summed E-state index contributed by atoms with van der Waals surface area (Å²) in [6, 6.07) is 4.28. The maximum Gasteiger partial charge on any atom is 0.252 e. The SMILES string of the molecule is CC=C1CC2CCC(C1)N2S(=O)(=O)c1ccc(OC)c(C(N)=O)c1. The minimum Gasteiger partial charge on any atom is -0.496 e. The summed E-state index contributed by atoms with van der Waals surface area (Å²) in [6.07, 6.45) is 5.41. The number of nitrogens with zero attached hydrogens (tertiary/aromatic N) is 1. The zero-order valence-corrected chi connectivity index (χ0v) is 14.7. The molecule has 0 aromatic heterocycles. The van der Waals surface area contributed by atoms with Crippen molar-refractivity contribution in [3.8, 4) is 5.75 Å². The minimum atomic E-state index is -3.67. The normalized spacial score (nSPS) is 24.0. The lowest BCUT2D eigenvalue weighted by molar-refractivity contribution is 0.0997. The molecule has 0 spiro atoms. The molecule has 2 aliphatic heterocycles. The molecule has 2 unspecified atom stereocenters. The van der Waals surface area contributed by atoms with Gasteiger partial charge in [0.2, 0.25) is 10.0 Å². The second kappa shape index (κ2) is 6.22. The van der Waals surface area contributed by atoms with Crippen molar-refractivity contribution in [1.29, 1.82) is 0 Å². The van der Waals surface area contributed by atoms with Gasteiger partial charge in [0.25, 0.3) is 5.91 Å². The summed E-state index contributed by atoms with van der Waals surface area (Å²) >= 11 is 0. The first-order valence-corrected chi connectivity index (χ1v) is 9.48. The molecule has 2 atom stereocenters. The first-order valence-electron chi connectivity index (χ1n) is 8.04. The molecule has 0 radical (unpaired) electrons. The number of fused-ring (bicyclic) bond motifs is 2. The van der Waals surface area contributed by atoms with E-state index in [1.54, 1.807) is 4.31 Å². The van der Waals surface area contributed by atoms with Crippen LogP contribution in [0, 0.1) is 0 Å². The number of carbonyl (C=O) groups excluding carboxylic acids is 1. The Morgan fingerprint density at radius 1 is 1.29 bits per heavy atom. The second-order valence-electron chi connectivity index (χ2n) is 6.30. The number of benzene rings is 1. The van der Waals surface area contributed by atoms with E-state index in [0.717, 1.165) is 25.7 Å². The molecule has 6 nitrogen and oxygen atoms in total. The van der Waals surface area contributed by atoms with Gasteiger partial charge in [0, 0.05) is 12.1 Å². The predicted molar refractivity (Wildman–Crippen MR) is 90.3 cm³/mol. The maximum atomic E-state index is 13.1. The highest BCUT2D eigenvalue weighted by molar-refractivity contribution is 7.89. The molecule has 2 fully saturated rings. The molecule has 1 aromatic rings. The number of carbonyl (C=O) groups is 1. The van der Waals surface area contributed by atoms with Gasteiger partial charge < -0.3 is 10.5 Å². The number of nitrogens with two attached hydrogens (primary N) is 1. The van der Waals surface area contributed by atoms with Crippen molar-refractivity contribution in [2.45, 2.75) is 49.6 Å². The molecule has 2 aliphatic rings.